The molecule has 2 aromatic heterocycles. The van der Waals surface area contributed by atoms with Crippen LogP contribution in [-0.2, 0) is 31.3 Å². The summed E-state index contributed by atoms with van der Waals surface area (Å²) in [6, 6.07) is 6.48. The Balaban J connectivity index is 0.00000400. The van der Waals surface area contributed by atoms with Gasteiger partial charge in [0.1, 0.15) is 23.9 Å². The standard InChI is InChI=1S/C21H24FN5O6S4.ClH/c22-15-3-1-14(2-4-15)18-5-6-20(35-18)37(32,33)27(10-9-23-12-17(27)21(28)26-29)36(30,31)13-16(34)11-19-24-7-8-25-19;/h1-8,16-17,23H,9-13H2,(H3-,24,25,26,28,29,34);1H/p+1/t16?,17-,27?;/m1./s1. The molecule has 1 aliphatic rings. The number of thiol groups is 1. The van der Waals surface area contributed by atoms with Crippen LogP contribution >= 0.6 is 36.4 Å². The van der Waals surface area contributed by atoms with Gasteiger partial charge in [0, 0.05) is 35.5 Å². The van der Waals surface area contributed by atoms with E-state index in [2.05, 4.69) is 27.9 Å². The third-order valence-corrected chi connectivity index (χ3v) is 13.8. The molecule has 4 rings (SSSR count). The van der Waals surface area contributed by atoms with Gasteiger partial charge in [-0.25, -0.2) is 14.9 Å². The Morgan fingerprint density at radius 1 is 1.24 bits per heavy atom. The lowest BCUT2D eigenvalue weighted by atomic mass is 10.2. The first-order valence-electron chi connectivity index (χ1n) is 11.0. The zero-order chi connectivity index (χ0) is 26.8. The second kappa shape index (κ2) is 12.0. The Kier molecular flexibility index (Phi) is 9.63. The summed E-state index contributed by atoms with van der Waals surface area (Å²) < 4.78 is 67.8. The molecule has 2 unspecified atom stereocenters. The average molecular weight is 627 g/mol. The molecule has 0 saturated carbocycles. The largest absolute Gasteiger partial charge is 0.351 e. The third-order valence-electron chi connectivity index (χ3n) is 6.05. The molecule has 1 fully saturated rings. The minimum absolute atomic E-state index is 0. The van der Waals surface area contributed by atoms with Gasteiger partial charge < -0.3 is 10.3 Å². The van der Waals surface area contributed by atoms with Crippen molar-refractivity contribution in [2.45, 2.75) is 21.9 Å². The molecule has 17 heteroatoms. The Morgan fingerprint density at radius 3 is 2.58 bits per heavy atom. The summed E-state index contributed by atoms with van der Waals surface area (Å²) >= 11 is 5.19. The fraction of sp³-hybridized carbons (Fsp3) is 0.333. The van der Waals surface area contributed by atoms with E-state index in [9.17, 15) is 31.2 Å². The molecule has 0 radical (unpaired) electrons. The van der Waals surface area contributed by atoms with Crippen LogP contribution < -0.4 is 10.8 Å². The normalized spacial score (nSPS) is 20.9. The second-order valence-electron chi connectivity index (χ2n) is 8.39. The van der Waals surface area contributed by atoms with Gasteiger partial charge in [-0.3, -0.25) is 10.0 Å². The lowest BCUT2D eigenvalue weighted by Gasteiger charge is -2.42. The van der Waals surface area contributed by atoms with E-state index in [1.807, 2.05) is 0 Å². The fourth-order valence-electron chi connectivity index (χ4n) is 4.33. The van der Waals surface area contributed by atoms with E-state index in [-0.39, 0.29) is 36.1 Å². The molecule has 0 spiro atoms. The number of piperazine rings is 1. The van der Waals surface area contributed by atoms with E-state index in [4.69, 9.17) is 0 Å². The summed E-state index contributed by atoms with van der Waals surface area (Å²) in [7, 11) is -9.41. The van der Waals surface area contributed by atoms with Crippen molar-refractivity contribution < 1.29 is 34.5 Å². The highest BCUT2D eigenvalue weighted by molar-refractivity contribution is 7.99. The lowest BCUT2D eigenvalue weighted by molar-refractivity contribution is -0.697. The van der Waals surface area contributed by atoms with E-state index in [0.717, 1.165) is 11.3 Å². The van der Waals surface area contributed by atoms with Crippen LogP contribution in [-0.4, -0.2) is 77.9 Å². The maximum atomic E-state index is 14.2. The second-order valence-corrected chi connectivity index (χ2v) is 14.9. The van der Waals surface area contributed by atoms with Gasteiger partial charge >= 0.3 is 26.0 Å². The summed E-state index contributed by atoms with van der Waals surface area (Å²) in [4.78, 5) is 20.1. The van der Waals surface area contributed by atoms with Gasteiger partial charge in [0.15, 0.2) is 4.21 Å². The van der Waals surface area contributed by atoms with E-state index in [0.29, 0.717) is 16.3 Å². The Hall–Kier alpha value is -2.05. The van der Waals surface area contributed by atoms with Gasteiger partial charge in [-0.15, -0.1) is 23.7 Å². The van der Waals surface area contributed by atoms with Crippen molar-refractivity contribution in [1.82, 2.24) is 20.8 Å². The van der Waals surface area contributed by atoms with Crippen molar-refractivity contribution in [1.29, 1.82) is 0 Å². The van der Waals surface area contributed by atoms with Crippen molar-refractivity contribution >= 4 is 62.3 Å². The number of imidazole rings is 1. The molecule has 38 heavy (non-hydrogen) atoms. The summed E-state index contributed by atoms with van der Waals surface area (Å²) in [5, 5.41) is 11.4. The number of aromatic nitrogens is 2. The Labute approximate surface area is 235 Å². The fourth-order valence-corrected chi connectivity index (χ4v) is 11.8. The first-order valence-corrected chi connectivity index (χ1v) is 15.4. The SMILES string of the molecule is Cl.O=C(NO)[C@H]1CNCC[N+]1(S(=O)(=O)CC(S)Cc1ncc[nH]1)S(=O)(=O)c1ccc(-c2ccc(F)cc2)s1. The molecule has 1 amide bonds. The summed E-state index contributed by atoms with van der Waals surface area (Å²) in [5.74, 6) is -1.83. The van der Waals surface area contributed by atoms with Crippen LogP contribution in [0.4, 0.5) is 4.39 Å². The van der Waals surface area contributed by atoms with E-state index in [1.54, 1.807) is 6.20 Å². The minimum Gasteiger partial charge on any atom is -0.349 e. The van der Waals surface area contributed by atoms with Crippen LogP contribution in [0.3, 0.4) is 0 Å². The van der Waals surface area contributed by atoms with Gasteiger partial charge in [0.25, 0.3) is 0 Å². The molecule has 0 aliphatic carbocycles. The van der Waals surface area contributed by atoms with Crippen LogP contribution in [0.15, 0.2) is 53.0 Å². The maximum absolute atomic E-state index is 14.2. The molecule has 208 valence electrons. The highest BCUT2D eigenvalue weighted by Crippen LogP contribution is 2.40. The number of nitrogens with zero attached hydrogens (tertiary/aromatic N) is 2. The summed E-state index contributed by atoms with van der Waals surface area (Å²) in [6.07, 6.45) is 3.17. The zero-order valence-electron chi connectivity index (χ0n) is 19.7. The van der Waals surface area contributed by atoms with E-state index >= 15 is 0 Å². The van der Waals surface area contributed by atoms with Crippen LogP contribution in [0.1, 0.15) is 5.82 Å². The van der Waals surface area contributed by atoms with Gasteiger partial charge in [0.2, 0.25) is 6.04 Å². The molecule has 3 heterocycles. The molecular weight excluding hydrogens is 601 g/mol. The average Bonchev–Trinajstić information content (AvgIpc) is 3.56. The van der Waals surface area contributed by atoms with E-state index < -0.39 is 58.7 Å². The number of hydrogen-bond acceptors (Lipinski definition) is 10. The molecule has 3 aromatic rings. The number of rotatable bonds is 9. The first-order chi connectivity index (χ1) is 17.5. The summed E-state index contributed by atoms with van der Waals surface area (Å²) in [6.45, 7) is -0.802. The van der Waals surface area contributed by atoms with Gasteiger partial charge in [0.05, 0.1) is 6.54 Å². The number of halogens is 2. The predicted octanol–water partition coefficient (Wildman–Crippen LogP) is 1.55. The topological polar surface area (TPSA) is 158 Å². The number of carbonyl (C=O) groups excluding carboxylic acids is 1. The lowest BCUT2D eigenvalue weighted by Crippen LogP contribution is -2.73. The van der Waals surface area contributed by atoms with Crippen LogP contribution in [0, 0.1) is 5.82 Å². The van der Waals surface area contributed by atoms with Crippen LogP contribution in [0.25, 0.3) is 10.4 Å². The molecule has 11 nitrogen and oxygen atoms in total. The number of H-pyrrole nitrogens is 1. The third kappa shape index (κ3) is 5.62. The van der Waals surface area contributed by atoms with Crippen molar-refractivity contribution in [3.63, 3.8) is 0 Å². The number of benzene rings is 1. The predicted molar refractivity (Wildman–Crippen MR) is 145 cm³/mol. The highest BCUT2D eigenvalue weighted by atomic mass is 35.5. The molecule has 1 aliphatic heterocycles. The Morgan fingerprint density at radius 2 is 1.95 bits per heavy atom. The highest BCUT2D eigenvalue weighted by Gasteiger charge is 2.63. The number of quaternary nitrogens is 1. The number of thiophene rings is 1. The smallest absolute Gasteiger partial charge is 0.349 e. The van der Waals surface area contributed by atoms with Crippen LogP contribution in [0.2, 0.25) is 0 Å². The van der Waals surface area contributed by atoms with Crippen LogP contribution in [0.5, 0.6) is 0 Å². The van der Waals surface area contributed by atoms with E-state index in [1.165, 1.54) is 48.1 Å². The van der Waals surface area contributed by atoms with Crippen molar-refractivity contribution in [2.75, 3.05) is 25.4 Å². The summed E-state index contributed by atoms with van der Waals surface area (Å²) in [5.41, 5.74) is 1.96. The zero-order valence-corrected chi connectivity index (χ0v) is 23.8. The molecule has 1 saturated heterocycles. The number of sulfonamides is 2. The number of hydroxylamine groups is 1. The number of nitrogens with one attached hydrogen (secondary N) is 3. The molecule has 1 aromatic carbocycles. The number of aromatic amines is 1. The molecular formula is C21H26ClFN5O6S4+. The Bertz CT molecular complexity index is 1470. The van der Waals surface area contributed by atoms with Gasteiger partial charge in [-0.1, -0.05) is 15.4 Å². The van der Waals surface area contributed by atoms with Gasteiger partial charge in [-0.2, -0.15) is 29.5 Å². The van der Waals surface area contributed by atoms with Crippen molar-refractivity contribution in [3.05, 3.63) is 60.4 Å². The maximum Gasteiger partial charge on any atom is 0.351 e. The number of hydrogen-bond donors (Lipinski definition) is 5. The first kappa shape index (κ1) is 30.5. The molecule has 4 N–H and O–H groups in total. The number of amides is 1. The quantitative estimate of drug-likeness (QED) is 0.104. The number of carbonyl (C=O) groups is 1. The monoisotopic (exact) mass is 626 g/mol. The van der Waals surface area contributed by atoms with Gasteiger partial charge in [-0.05, 0) is 29.8 Å². The van der Waals surface area contributed by atoms with Crippen molar-refractivity contribution in [3.8, 4) is 10.4 Å². The van der Waals surface area contributed by atoms with Crippen molar-refractivity contribution in [2.24, 2.45) is 0 Å². The minimum atomic E-state index is -4.76. The molecule has 0 bridgehead atoms. The molecule has 3 atom stereocenters.